The molecule has 0 saturated heterocycles. The van der Waals surface area contributed by atoms with E-state index in [1.54, 1.807) is 0 Å². The zero-order valence-electron chi connectivity index (χ0n) is 58.0. The molecule has 16 aromatic rings. The van der Waals surface area contributed by atoms with Gasteiger partial charge in [0.05, 0.1) is 98.7 Å². The lowest BCUT2D eigenvalue weighted by Crippen LogP contribution is -2.43. The molecule has 12 aliphatic heterocycles. The van der Waals surface area contributed by atoms with E-state index in [0.717, 1.165) is 39.7 Å². The van der Waals surface area contributed by atoms with E-state index in [-0.39, 0.29) is 0 Å². The van der Waals surface area contributed by atoms with Crippen LogP contribution >= 0.6 is 28.6 Å². The van der Waals surface area contributed by atoms with Gasteiger partial charge in [0.15, 0.2) is 51.6 Å². The molecule has 12 aliphatic rings. The predicted octanol–water partition coefficient (Wildman–Crippen LogP) is 20.2. The Kier molecular flexibility index (Phi) is 10.5. The highest BCUT2D eigenvalue weighted by Gasteiger charge is 2.61. The van der Waals surface area contributed by atoms with Gasteiger partial charge >= 0.3 is 0 Å². The molecule has 0 saturated carbocycles. The number of ether oxygens (including phenoxy) is 8. The van der Waals surface area contributed by atoms with Crippen LogP contribution in [-0.4, -0.2) is 0 Å². The van der Waals surface area contributed by atoms with Crippen molar-refractivity contribution in [3.05, 3.63) is 279 Å². The molecule has 4 unspecified atom stereocenters. The van der Waals surface area contributed by atoms with Crippen LogP contribution in [0.3, 0.4) is 0 Å². The lowest BCUT2D eigenvalue weighted by atomic mass is 10.00. The Hall–Kier alpha value is -13.4. The summed E-state index contributed by atoms with van der Waals surface area (Å²) in [6.07, 6.45) is 0. The van der Waals surface area contributed by atoms with Crippen LogP contribution < -0.4 is 121 Å². The summed E-state index contributed by atoms with van der Waals surface area (Å²) < 4.78 is 128. The Morgan fingerprint density at radius 2 is 0.482 bits per heavy atom. The summed E-state index contributed by atoms with van der Waals surface area (Å²) >= 11 is 0. The normalized spacial score (nSPS) is 20.0. The first-order valence-corrected chi connectivity index (χ1v) is 43.7. The van der Waals surface area contributed by atoms with E-state index in [4.69, 9.17) is 37.9 Å². The third-order valence-corrected chi connectivity index (χ3v) is 37.1. The summed E-state index contributed by atoms with van der Waals surface area (Å²) in [5.41, 5.74) is 10.1. The van der Waals surface area contributed by atoms with Crippen molar-refractivity contribution in [1.82, 2.24) is 0 Å². The first-order chi connectivity index (χ1) is 55.0. The van der Waals surface area contributed by atoms with E-state index in [1.165, 1.54) is 0 Å². The lowest BCUT2D eigenvalue weighted by molar-refractivity contribution is 0.454. The van der Waals surface area contributed by atoms with E-state index < -0.39 is 28.6 Å². The van der Waals surface area contributed by atoms with Crippen molar-refractivity contribution in [2.45, 2.75) is 0 Å². The van der Waals surface area contributed by atoms with Gasteiger partial charge in [0.1, 0.15) is 90.2 Å². The number of fused-ring (bicyclic) bond motifs is 6. The number of hydrogen-bond acceptors (Lipinski definition) is 16. The molecule has 16 aromatic carbocycles. The number of hydrogen-bond donors (Lipinski definition) is 0. The summed E-state index contributed by atoms with van der Waals surface area (Å²) in [4.78, 5) is 8.56. The smallest absolute Gasteiger partial charge is 0.189 e. The number of nitrogens with zero attached hydrogens (tertiary/aromatic N) is 4. The van der Waals surface area contributed by atoms with Crippen molar-refractivity contribution in [3.8, 4) is 103 Å². The van der Waals surface area contributed by atoms with Gasteiger partial charge in [0.25, 0.3) is 0 Å². The molecule has 526 valence electrons. The summed E-state index contributed by atoms with van der Waals surface area (Å²) in [6, 6.07) is 90.5. The maximum absolute atomic E-state index is 18.3. The molecular weight excluding hydrogens is 1480 g/mol. The second kappa shape index (κ2) is 19.8. The Bertz CT molecular complexity index is 7560. The molecule has 112 heavy (non-hydrogen) atoms. The molecule has 0 amide bonds. The van der Waals surface area contributed by atoms with Crippen molar-refractivity contribution in [2.75, 3.05) is 19.6 Å². The summed E-state index contributed by atoms with van der Waals surface area (Å²) in [5, 5.41) is 8.28. The molecule has 20 heteroatoms. The van der Waals surface area contributed by atoms with Gasteiger partial charge in [-0.1, -0.05) is 109 Å². The molecule has 0 aromatic heterocycles. The van der Waals surface area contributed by atoms with E-state index in [0.29, 0.717) is 217 Å². The van der Waals surface area contributed by atoms with Crippen LogP contribution in [0.25, 0.3) is 32.7 Å². The minimum atomic E-state index is -4.13. The fourth-order valence-electron chi connectivity index (χ4n) is 20.2. The highest BCUT2D eigenvalue weighted by molar-refractivity contribution is 7.88. The van der Waals surface area contributed by atoms with Crippen LogP contribution in [0, 0.1) is 0 Å². The Morgan fingerprint density at radius 1 is 0.196 bits per heavy atom. The maximum atomic E-state index is 18.3. The van der Waals surface area contributed by atoms with Crippen LogP contribution in [0.5, 0.6) is 92.0 Å². The molecule has 0 spiro atoms. The van der Waals surface area contributed by atoms with E-state index in [1.807, 2.05) is 249 Å². The van der Waals surface area contributed by atoms with Crippen molar-refractivity contribution in [3.63, 3.8) is 0 Å². The summed E-state index contributed by atoms with van der Waals surface area (Å²) in [6.45, 7) is 0. The van der Waals surface area contributed by atoms with Crippen LogP contribution in [0.15, 0.2) is 279 Å². The molecule has 12 heterocycles. The van der Waals surface area contributed by atoms with Crippen LogP contribution in [0.2, 0.25) is 0 Å². The van der Waals surface area contributed by atoms with Gasteiger partial charge in [-0.15, -0.1) is 0 Å². The van der Waals surface area contributed by atoms with Gasteiger partial charge < -0.3 is 75.8 Å². The second-order valence-electron chi connectivity index (χ2n) is 29.7. The first kappa shape index (κ1) is 59.5. The third-order valence-electron chi connectivity index (χ3n) is 24.3. The Morgan fingerprint density at radius 3 is 0.911 bits per heavy atom. The predicted molar refractivity (Wildman–Crippen MR) is 438 cm³/mol. The number of anilines is 12. The van der Waals surface area contributed by atoms with Gasteiger partial charge in [-0.05, 0) is 186 Å². The van der Waals surface area contributed by atoms with E-state index in [2.05, 4.69) is 49.9 Å². The van der Waals surface area contributed by atoms with Crippen molar-refractivity contribution >= 4 is 182 Å². The average Bonchev–Trinajstić information content (AvgIpc) is 0.657. The van der Waals surface area contributed by atoms with Crippen molar-refractivity contribution < 1.29 is 56.2 Å². The summed E-state index contributed by atoms with van der Waals surface area (Å²) in [5.74, 6) is 6.31. The minimum absolute atomic E-state index is 0.294. The molecular formula is C92H46N4O12P4. The second-order valence-corrected chi connectivity index (χ2v) is 40.0. The largest absolute Gasteiger partial charge is 0.456 e. The van der Waals surface area contributed by atoms with Gasteiger partial charge in [0.2, 0.25) is 0 Å². The fourth-order valence-corrected chi connectivity index (χ4v) is 33.8. The Balaban J connectivity index is 0.630. The number of benzene rings is 16. The van der Waals surface area contributed by atoms with Gasteiger partial charge in [-0.3, -0.25) is 0 Å². The molecule has 0 radical (unpaired) electrons. The molecule has 0 bridgehead atoms. The van der Waals surface area contributed by atoms with Crippen LogP contribution in [0.4, 0.5) is 68.2 Å². The summed E-state index contributed by atoms with van der Waals surface area (Å²) in [7, 11) is -15.8. The third kappa shape index (κ3) is 6.67. The maximum Gasteiger partial charge on any atom is 0.189 e. The van der Waals surface area contributed by atoms with Crippen molar-refractivity contribution in [2.24, 2.45) is 0 Å². The van der Waals surface area contributed by atoms with Gasteiger partial charge in [-0.25, -0.2) is 0 Å². The van der Waals surface area contributed by atoms with Gasteiger partial charge in [0, 0.05) is 28.3 Å². The molecule has 0 aliphatic carbocycles. The molecule has 0 N–H and O–H groups in total. The first-order valence-electron chi connectivity index (χ1n) is 36.8. The molecule has 28 rings (SSSR count). The average molecular weight is 1520 g/mol. The number of para-hydroxylation sites is 3. The standard InChI is InChI=1S/C92H46N4O12P4/c97-109-81-55-26-11-32-64(81)102-72-45-49-46-73-92-80(75(49)79(91(72)109)105-66-34-14-27-56(84(66)109)93(55)50-19-4-1-5-20-50)106-67-35-15-30-59-85(67)110(92,98)82-58(29-13-33-65(82)103-73)96(59)53-25-10-18-47(42-53)54-40-41-60-86-76(54)104-69-37-17-39-71-90(69)112(86,100)88-62(95(60)52-23-8-3-9-24-52)44-48-43-61-87-77(74(48)78(88)108-71)107-70-38-16-36-68-89(70)111(87,99)83-57(28-12-31-63(83)101-68)94(61)51-21-6-2-7-22-51/h1-46H. The van der Waals surface area contributed by atoms with Gasteiger partial charge in [-0.2, -0.15) is 0 Å². The SMILES string of the molecule is O=P12c3c4cccc3N(c3ccccc3)c3cccc(c31)Oc1c2c(cc2cc3c5c(c12)Oc1cccc2c1P5(=O)c1c(cccc1N2c1cccc(-c2ccc5c6c2Oc2cccc7c2P6(=O)c2c(cc6cc8c9c(c6c2O7)Oc2cccc6c2P9(=O)c2c(cccc2N8c2ccccc2)O6)N5c2ccccc2)c1)O3)O4. The monoisotopic (exact) mass is 1520 g/mol. The molecule has 4 atom stereocenters. The van der Waals surface area contributed by atoms with Crippen LogP contribution in [0.1, 0.15) is 0 Å². The van der Waals surface area contributed by atoms with Crippen molar-refractivity contribution in [1.29, 1.82) is 0 Å². The zero-order chi connectivity index (χ0) is 73.1. The minimum Gasteiger partial charge on any atom is -0.456 e. The Labute approximate surface area is 636 Å². The van der Waals surface area contributed by atoms with E-state index >= 15 is 18.3 Å². The molecule has 16 nitrogen and oxygen atoms in total. The topological polar surface area (TPSA) is 155 Å². The quantitative estimate of drug-likeness (QED) is 0.150. The van der Waals surface area contributed by atoms with E-state index in [9.17, 15) is 0 Å². The highest BCUT2D eigenvalue weighted by Crippen LogP contribution is 2.74. The fraction of sp³-hybridized carbons (Fsp3) is 0. The van der Waals surface area contributed by atoms with Crippen LogP contribution in [-0.2, 0) is 18.3 Å². The number of rotatable bonds is 5. The molecule has 0 fully saturated rings. The lowest BCUT2D eigenvalue weighted by Gasteiger charge is -2.46. The highest BCUT2D eigenvalue weighted by atomic mass is 31.2. The zero-order valence-corrected chi connectivity index (χ0v) is 61.6.